The number of nitrogens with zero attached hydrogens (tertiary/aromatic N) is 2. The molecule has 31 heavy (non-hydrogen) atoms. The Bertz CT molecular complexity index is 1200. The van der Waals surface area contributed by atoms with E-state index in [9.17, 15) is 5.11 Å². The first-order valence-electron chi connectivity index (χ1n) is 9.98. The molecule has 154 valence electrons. The van der Waals surface area contributed by atoms with Crippen LogP contribution in [0.2, 0.25) is 5.02 Å². The molecule has 4 nitrogen and oxygen atoms in total. The van der Waals surface area contributed by atoms with Crippen molar-refractivity contribution < 1.29 is 5.11 Å². The number of rotatable bonds is 7. The van der Waals surface area contributed by atoms with E-state index in [1.54, 1.807) is 30.5 Å². The zero-order chi connectivity index (χ0) is 21.6. The number of halogens is 1. The highest BCUT2D eigenvalue weighted by Gasteiger charge is 2.13. The van der Waals surface area contributed by atoms with Crippen molar-refractivity contribution in [3.63, 3.8) is 0 Å². The molecule has 4 rings (SSSR count). The van der Waals surface area contributed by atoms with Gasteiger partial charge >= 0.3 is 0 Å². The molecule has 1 aliphatic rings. The number of allylic oxidation sites excluding steroid dienone is 6. The second-order valence-electron chi connectivity index (χ2n) is 7.18. The highest BCUT2D eigenvalue weighted by Crippen LogP contribution is 2.31. The second kappa shape index (κ2) is 9.45. The van der Waals surface area contributed by atoms with Gasteiger partial charge in [-0.1, -0.05) is 66.7 Å². The van der Waals surface area contributed by atoms with Crippen molar-refractivity contribution in [3.05, 3.63) is 119 Å². The first kappa shape index (κ1) is 20.6. The van der Waals surface area contributed by atoms with E-state index in [4.69, 9.17) is 16.6 Å². The van der Waals surface area contributed by atoms with Crippen molar-refractivity contribution in [2.75, 3.05) is 5.32 Å². The van der Waals surface area contributed by atoms with Crippen LogP contribution in [0.15, 0.2) is 103 Å². The van der Waals surface area contributed by atoms with Crippen molar-refractivity contribution in [1.82, 2.24) is 9.97 Å². The Hall–Kier alpha value is -3.63. The van der Waals surface area contributed by atoms with Crippen LogP contribution >= 0.6 is 11.6 Å². The van der Waals surface area contributed by atoms with Gasteiger partial charge in [-0.2, -0.15) is 0 Å². The minimum absolute atomic E-state index is 0.128. The Morgan fingerprint density at radius 3 is 2.77 bits per heavy atom. The molecule has 0 unspecified atom stereocenters. The summed E-state index contributed by atoms with van der Waals surface area (Å²) < 4.78 is 0. The van der Waals surface area contributed by atoms with Crippen LogP contribution in [-0.2, 0) is 6.42 Å². The van der Waals surface area contributed by atoms with Crippen LogP contribution in [0.5, 0.6) is 5.75 Å². The SMILES string of the molecule is C=C/C(=C/C1=CC=CC1)Nc1ncc(-c2cc(O)ccc2Cl)nc1Cc1ccccc1. The summed E-state index contributed by atoms with van der Waals surface area (Å²) >= 11 is 6.36. The molecule has 1 aromatic heterocycles. The Labute approximate surface area is 187 Å². The minimum Gasteiger partial charge on any atom is -0.508 e. The highest BCUT2D eigenvalue weighted by molar-refractivity contribution is 6.33. The van der Waals surface area contributed by atoms with Gasteiger partial charge in [0.05, 0.1) is 22.6 Å². The van der Waals surface area contributed by atoms with Crippen molar-refractivity contribution in [2.45, 2.75) is 12.8 Å². The van der Waals surface area contributed by atoms with E-state index in [-0.39, 0.29) is 5.75 Å². The fraction of sp³-hybridized carbons (Fsp3) is 0.0769. The Kier molecular flexibility index (Phi) is 6.29. The number of phenols is 1. The molecule has 0 bridgehead atoms. The van der Waals surface area contributed by atoms with E-state index >= 15 is 0 Å². The van der Waals surface area contributed by atoms with Gasteiger partial charge in [-0.25, -0.2) is 9.97 Å². The summed E-state index contributed by atoms with van der Waals surface area (Å²) in [5.74, 6) is 0.782. The Morgan fingerprint density at radius 2 is 2.03 bits per heavy atom. The molecule has 2 aromatic carbocycles. The molecule has 0 saturated heterocycles. The van der Waals surface area contributed by atoms with Crippen molar-refractivity contribution >= 4 is 17.4 Å². The van der Waals surface area contributed by atoms with Crippen LogP contribution in [0, 0.1) is 0 Å². The molecule has 3 aromatic rings. The monoisotopic (exact) mass is 427 g/mol. The van der Waals surface area contributed by atoms with Gasteiger partial charge in [0.2, 0.25) is 0 Å². The minimum atomic E-state index is 0.128. The normalized spacial score (nSPS) is 13.2. The predicted molar refractivity (Wildman–Crippen MR) is 127 cm³/mol. The third-order valence-electron chi connectivity index (χ3n) is 4.91. The number of hydrogen-bond donors (Lipinski definition) is 2. The quantitative estimate of drug-likeness (QED) is 0.425. The van der Waals surface area contributed by atoms with Crippen LogP contribution in [0.1, 0.15) is 17.7 Å². The van der Waals surface area contributed by atoms with E-state index in [0.717, 1.165) is 23.4 Å². The highest BCUT2D eigenvalue weighted by atomic mass is 35.5. The lowest BCUT2D eigenvalue weighted by Gasteiger charge is -2.14. The van der Waals surface area contributed by atoms with Crippen LogP contribution in [-0.4, -0.2) is 15.1 Å². The van der Waals surface area contributed by atoms with Crippen molar-refractivity contribution in [3.8, 4) is 17.0 Å². The number of anilines is 1. The molecule has 0 radical (unpaired) electrons. The molecular formula is C26H22ClN3O. The third-order valence-corrected chi connectivity index (χ3v) is 5.24. The maximum absolute atomic E-state index is 9.90. The summed E-state index contributed by atoms with van der Waals surface area (Å²) in [7, 11) is 0. The van der Waals surface area contributed by atoms with Gasteiger partial charge < -0.3 is 10.4 Å². The number of hydrogen-bond acceptors (Lipinski definition) is 4. The lowest BCUT2D eigenvalue weighted by atomic mass is 10.1. The number of benzene rings is 2. The summed E-state index contributed by atoms with van der Waals surface area (Å²) in [4.78, 5) is 9.50. The maximum Gasteiger partial charge on any atom is 0.152 e. The van der Waals surface area contributed by atoms with E-state index in [1.165, 1.54) is 5.57 Å². The van der Waals surface area contributed by atoms with Gasteiger partial charge in [0.1, 0.15) is 5.75 Å². The molecule has 2 N–H and O–H groups in total. The molecule has 0 spiro atoms. The van der Waals surface area contributed by atoms with E-state index in [0.29, 0.717) is 28.5 Å². The number of nitrogens with one attached hydrogen (secondary N) is 1. The predicted octanol–water partition coefficient (Wildman–Crippen LogP) is 6.46. The summed E-state index contributed by atoms with van der Waals surface area (Å²) in [5.41, 5.74) is 5.17. The van der Waals surface area contributed by atoms with Gasteiger partial charge in [-0.15, -0.1) is 0 Å². The number of phenolic OH excluding ortho intramolecular Hbond substituents is 1. The van der Waals surface area contributed by atoms with Gasteiger partial charge in [0.15, 0.2) is 5.82 Å². The average molecular weight is 428 g/mol. The third kappa shape index (κ3) is 5.11. The van der Waals surface area contributed by atoms with Crippen LogP contribution < -0.4 is 5.32 Å². The summed E-state index contributed by atoms with van der Waals surface area (Å²) in [6, 6.07) is 14.9. The smallest absolute Gasteiger partial charge is 0.152 e. The first-order chi connectivity index (χ1) is 15.1. The summed E-state index contributed by atoms with van der Waals surface area (Å²) in [5, 5.41) is 13.8. The van der Waals surface area contributed by atoms with E-state index in [1.807, 2.05) is 24.3 Å². The molecule has 0 aliphatic heterocycles. The second-order valence-corrected chi connectivity index (χ2v) is 7.59. The summed E-state index contributed by atoms with van der Waals surface area (Å²) in [6.07, 6.45) is 13.2. The molecule has 1 heterocycles. The molecular weight excluding hydrogens is 406 g/mol. The molecule has 1 aliphatic carbocycles. The van der Waals surface area contributed by atoms with Crippen LogP contribution in [0.4, 0.5) is 5.82 Å². The maximum atomic E-state index is 9.90. The van der Waals surface area contributed by atoms with E-state index < -0.39 is 0 Å². The fourth-order valence-corrected chi connectivity index (χ4v) is 3.55. The zero-order valence-electron chi connectivity index (χ0n) is 16.9. The van der Waals surface area contributed by atoms with Gasteiger partial charge in [-0.3, -0.25) is 0 Å². The number of aromatic nitrogens is 2. The van der Waals surface area contributed by atoms with Gasteiger partial charge in [0.25, 0.3) is 0 Å². The molecule has 0 amide bonds. The lowest BCUT2D eigenvalue weighted by molar-refractivity contribution is 0.475. The molecule has 0 atom stereocenters. The van der Waals surface area contributed by atoms with Crippen LogP contribution in [0.3, 0.4) is 0 Å². The Morgan fingerprint density at radius 1 is 1.19 bits per heavy atom. The molecule has 5 heteroatoms. The standard InChI is InChI=1S/C26H22ClN3O/c1-2-20(14-18-10-6-7-11-18)29-26-24(15-19-8-4-3-5-9-19)30-25(17-28-26)22-16-21(31)12-13-23(22)27/h2-10,12-14,16-17,31H,1,11,15H2,(H,28,29)/b20-14-. The first-order valence-corrected chi connectivity index (χ1v) is 10.4. The largest absolute Gasteiger partial charge is 0.508 e. The van der Waals surface area contributed by atoms with E-state index in [2.05, 4.69) is 47.2 Å². The summed E-state index contributed by atoms with van der Waals surface area (Å²) in [6.45, 7) is 3.93. The average Bonchev–Trinajstić information content (AvgIpc) is 3.30. The molecule has 0 fully saturated rings. The topological polar surface area (TPSA) is 58.0 Å². The van der Waals surface area contributed by atoms with Crippen molar-refractivity contribution in [2.24, 2.45) is 0 Å². The Balaban J connectivity index is 1.73. The van der Waals surface area contributed by atoms with Gasteiger partial charge in [-0.05, 0) is 47.9 Å². The zero-order valence-corrected chi connectivity index (χ0v) is 17.7. The fourth-order valence-electron chi connectivity index (χ4n) is 3.34. The number of aromatic hydroxyl groups is 1. The van der Waals surface area contributed by atoms with Crippen molar-refractivity contribution in [1.29, 1.82) is 0 Å². The molecule has 0 saturated carbocycles. The lowest BCUT2D eigenvalue weighted by Crippen LogP contribution is -2.07. The van der Waals surface area contributed by atoms with Gasteiger partial charge in [0, 0.05) is 17.7 Å². The van der Waals surface area contributed by atoms with Crippen LogP contribution in [0.25, 0.3) is 11.3 Å².